The molecular formula is C11H10N2O4. The van der Waals surface area contributed by atoms with Gasteiger partial charge in [0.2, 0.25) is 11.5 Å². The van der Waals surface area contributed by atoms with E-state index in [0.717, 1.165) is 0 Å². The highest BCUT2D eigenvalue weighted by molar-refractivity contribution is 6.08. The van der Waals surface area contributed by atoms with E-state index in [4.69, 9.17) is 9.52 Å². The monoisotopic (exact) mass is 234 g/mol. The molecule has 0 fully saturated rings. The van der Waals surface area contributed by atoms with Crippen molar-refractivity contribution in [3.8, 4) is 0 Å². The molecule has 6 heteroatoms. The summed E-state index contributed by atoms with van der Waals surface area (Å²) in [5.41, 5.74) is 0.976. The zero-order chi connectivity index (χ0) is 12.6. The number of aryl methyl sites for hydroxylation is 2. The van der Waals surface area contributed by atoms with E-state index in [1.807, 2.05) is 0 Å². The lowest BCUT2D eigenvalue weighted by atomic mass is 10.1. The number of ketones is 1. The molecule has 2 rings (SSSR count). The summed E-state index contributed by atoms with van der Waals surface area (Å²) >= 11 is 0. The fourth-order valence-electron chi connectivity index (χ4n) is 1.53. The SMILES string of the molecule is Cc1nn(C)cc1C(=O)c1ccc(C(=O)O)o1. The van der Waals surface area contributed by atoms with E-state index in [9.17, 15) is 9.59 Å². The molecule has 0 unspecified atom stereocenters. The van der Waals surface area contributed by atoms with Crippen LogP contribution in [0, 0.1) is 6.92 Å². The Morgan fingerprint density at radius 3 is 2.47 bits per heavy atom. The van der Waals surface area contributed by atoms with E-state index in [-0.39, 0.29) is 17.3 Å². The number of nitrogens with zero attached hydrogens (tertiary/aromatic N) is 2. The molecule has 0 radical (unpaired) electrons. The first-order valence-electron chi connectivity index (χ1n) is 4.87. The van der Waals surface area contributed by atoms with Crippen LogP contribution in [-0.4, -0.2) is 26.6 Å². The lowest BCUT2D eigenvalue weighted by Crippen LogP contribution is -2.00. The molecule has 2 aromatic rings. The molecule has 2 heterocycles. The van der Waals surface area contributed by atoms with Crippen LogP contribution < -0.4 is 0 Å². The number of hydrogen-bond donors (Lipinski definition) is 1. The van der Waals surface area contributed by atoms with Crippen molar-refractivity contribution in [2.45, 2.75) is 6.92 Å². The van der Waals surface area contributed by atoms with Crippen LogP contribution in [0.25, 0.3) is 0 Å². The minimum Gasteiger partial charge on any atom is -0.475 e. The number of carboxylic acids is 1. The van der Waals surface area contributed by atoms with E-state index in [1.54, 1.807) is 20.2 Å². The van der Waals surface area contributed by atoms with Gasteiger partial charge < -0.3 is 9.52 Å². The highest BCUT2D eigenvalue weighted by Gasteiger charge is 2.19. The average molecular weight is 234 g/mol. The number of carbonyl (C=O) groups is 2. The maximum atomic E-state index is 12.0. The smallest absolute Gasteiger partial charge is 0.371 e. The Bertz CT molecular complexity index is 594. The van der Waals surface area contributed by atoms with Gasteiger partial charge in [-0.2, -0.15) is 5.10 Å². The topological polar surface area (TPSA) is 85.3 Å². The molecule has 0 aromatic carbocycles. The van der Waals surface area contributed by atoms with Crippen LogP contribution in [0.2, 0.25) is 0 Å². The summed E-state index contributed by atoms with van der Waals surface area (Å²) in [5.74, 6) is -1.83. The molecule has 0 bridgehead atoms. The zero-order valence-corrected chi connectivity index (χ0v) is 9.30. The van der Waals surface area contributed by atoms with Crippen molar-refractivity contribution in [2.75, 3.05) is 0 Å². The normalized spacial score (nSPS) is 10.5. The number of aromatic nitrogens is 2. The van der Waals surface area contributed by atoms with Crippen LogP contribution in [0.4, 0.5) is 0 Å². The van der Waals surface area contributed by atoms with E-state index >= 15 is 0 Å². The first-order valence-corrected chi connectivity index (χ1v) is 4.87. The van der Waals surface area contributed by atoms with Crippen molar-refractivity contribution in [2.24, 2.45) is 7.05 Å². The van der Waals surface area contributed by atoms with E-state index < -0.39 is 5.97 Å². The summed E-state index contributed by atoms with van der Waals surface area (Å²) in [5, 5.41) is 12.7. The summed E-state index contributed by atoms with van der Waals surface area (Å²) in [4.78, 5) is 22.6. The Morgan fingerprint density at radius 2 is 2.00 bits per heavy atom. The predicted octanol–water partition coefficient (Wildman–Crippen LogP) is 1.25. The fourth-order valence-corrected chi connectivity index (χ4v) is 1.53. The summed E-state index contributed by atoms with van der Waals surface area (Å²) in [6, 6.07) is 2.60. The molecular weight excluding hydrogens is 224 g/mol. The van der Waals surface area contributed by atoms with Crippen LogP contribution >= 0.6 is 0 Å². The van der Waals surface area contributed by atoms with Gasteiger partial charge >= 0.3 is 5.97 Å². The highest BCUT2D eigenvalue weighted by Crippen LogP contribution is 2.15. The van der Waals surface area contributed by atoms with Crippen LogP contribution in [0.3, 0.4) is 0 Å². The Hall–Kier alpha value is -2.37. The minimum absolute atomic E-state index is 0.00139. The molecule has 1 N–H and O–H groups in total. The van der Waals surface area contributed by atoms with Crippen molar-refractivity contribution in [3.63, 3.8) is 0 Å². The van der Waals surface area contributed by atoms with Crippen molar-refractivity contribution in [1.29, 1.82) is 0 Å². The first kappa shape index (κ1) is 11.1. The summed E-state index contributed by atoms with van der Waals surface area (Å²) in [7, 11) is 1.70. The molecule has 0 aliphatic carbocycles. The van der Waals surface area contributed by atoms with Crippen LogP contribution in [0.1, 0.15) is 32.4 Å². The van der Waals surface area contributed by atoms with Gasteiger partial charge in [-0.05, 0) is 19.1 Å². The molecule has 0 aliphatic heterocycles. The van der Waals surface area contributed by atoms with Crippen LogP contribution in [-0.2, 0) is 7.05 Å². The average Bonchev–Trinajstić information content (AvgIpc) is 2.84. The fraction of sp³-hybridized carbons (Fsp3) is 0.182. The number of carboxylic acid groups (broad SMARTS) is 1. The van der Waals surface area contributed by atoms with Gasteiger partial charge in [-0.1, -0.05) is 0 Å². The Kier molecular flexibility index (Phi) is 2.55. The Labute approximate surface area is 96.5 Å². The number of carbonyl (C=O) groups excluding carboxylic acids is 1. The lowest BCUT2D eigenvalue weighted by Gasteiger charge is -1.93. The van der Waals surface area contributed by atoms with Crippen molar-refractivity contribution in [1.82, 2.24) is 9.78 Å². The third-order valence-corrected chi connectivity index (χ3v) is 2.30. The second kappa shape index (κ2) is 3.89. The zero-order valence-electron chi connectivity index (χ0n) is 9.30. The molecule has 2 aromatic heterocycles. The van der Waals surface area contributed by atoms with E-state index in [2.05, 4.69) is 5.10 Å². The molecule has 0 atom stereocenters. The Balaban J connectivity index is 2.37. The van der Waals surface area contributed by atoms with Crippen molar-refractivity contribution < 1.29 is 19.1 Å². The van der Waals surface area contributed by atoms with Crippen LogP contribution in [0.15, 0.2) is 22.7 Å². The van der Waals surface area contributed by atoms with Gasteiger partial charge in [0.15, 0.2) is 5.76 Å². The number of aromatic carboxylic acids is 1. The van der Waals surface area contributed by atoms with Crippen molar-refractivity contribution in [3.05, 3.63) is 41.1 Å². The molecule has 0 saturated heterocycles. The highest BCUT2D eigenvalue weighted by atomic mass is 16.4. The van der Waals surface area contributed by atoms with Gasteiger partial charge in [-0.15, -0.1) is 0 Å². The third kappa shape index (κ3) is 1.96. The second-order valence-electron chi connectivity index (χ2n) is 3.60. The van der Waals surface area contributed by atoms with Gasteiger partial charge in [0.25, 0.3) is 0 Å². The van der Waals surface area contributed by atoms with Gasteiger partial charge in [0.1, 0.15) is 0 Å². The molecule has 17 heavy (non-hydrogen) atoms. The van der Waals surface area contributed by atoms with Gasteiger partial charge in [-0.3, -0.25) is 9.48 Å². The molecule has 0 saturated carbocycles. The van der Waals surface area contributed by atoms with Crippen LogP contribution in [0.5, 0.6) is 0 Å². The molecule has 88 valence electrons. The van der Waals surface area contributed by atoms with Gasteiger partial charge in [0.05, 0.1) is 11.3 Å². The molecule has 6 nitrogen and oxygen atoms in total. The summed E-state index contributed by atoms with van der Waals surface area (Å²) in [6.45, 7) is 1.70. The number of hydrogen-bond acceptors (Lipinski definition) is 4. The maximum absolute atomic E-state index is 12.0. The van der Waals surface area contributed by atoms with E-state index in [0.29, 0.717) is 11.3 Å². The minimum atomic E-state index is -1.20. The lowest BCUT2D eigenvalue weighted by molar-refractivity contribution is 0.0660. The molecule has 0 spiro atoms. The maximum Gasteiger partial charge on any atom is 0.371 e. The standard InChI is InChI=1S/C11H10N2O4/c1-6-7(5-13(2)12-6)10(14)8-3-4-9(17-8)11(15)16/h3-5H,1-2H3,(H,15,16). The molecule has 0 amide bonds. The summed E-state index contributed by atoms with van der Waals surface area (Å²) in [6.07, 6.45) is 1.57. The van der Waals surface area contributed by atoms with Crippen molar-refractivity contribution >= 4 is 11.8 Å². The van der Waals surface area contributed by atoms with Gasteiger partial charge in [0, 0.05) is 13.2 Å². The largest absolute Gasteiger partial charge is 0.475 e. The Morgan fingerprint density at radius 1 is 1.35 bits per heavy atom. The third-order valence-electron chi connectivity index (χ3n) is 2.30. The predicted molar refractivity (Wildman–Crippen MR) is 57.0 cm³/mol. The van der Waals surface area contributed by atoms with Gasteiger partial charge in [-0.25, -0.2) is 4.79 Å². The number of rotatable bonds is 3. The summed E-state index contributed by atoms with van der Waals surface area (Å²) < 4.78 is 6.46. The first-order chi connectivity index (χ1) is 7.99. The quantitative estimate of drug-likeness (QED) is 0.808. The van der Waals surface area contributed by atoms with E-state index in [1.165, 1.54) is 16.8 Å². The molecule has 0 aliphatic rings. The number of furan rings is 1. The second-order valence-corrected chi connectivity index (χ2v) is 3.60.